The van der Waals surface area contributed by atoms with E-state index in [1.54, 1.807) is 6.92 Å². The Balaban J connectivity index is 2.24. The first kappa shape index (κ1) is 17.5. The number of nitrogens with one attached hydrogen (secondary N) is 1. The van der Waals surface area contributed by atoms with Crippen molar-refractivity contribution in [2.24, 2.45) is 0 Å². The zero-order valence-electron chi connectivity index (χ0n) is 12.5. The number of carbonyl (C=O) groups is 2. The van der Waals surface area contributed by atoms with E-state index >= 15 is 0 Å². The van der Waals surface area contributed by atoms with E-state index in [0.29, 0.717) is 0 Å². The number of halogens is 3. The van der Waals surface area contributed by atoms with Crippen molar-refractivity contribution >= 4 is 11.9 Å². The van der Waals surface area contributed by atoms with Gasteiger partial charge in [-0.05, 0) is 30.7 Å². The summed E-state index contributed by atoms with van der Waals surface area (Å²) in [5.74, 6) is -1.79. The number of nitrogens with zero attached hydrogens (tertiary/aromatic N) is 2. The molecule has 6 nitrogen and oxygen atoms in total. The van der Waals surface area contributed by atoms with Crippen LogP contribution in [0.5, 0.6) is 0 Å². The molecule has 2 N–H and O–H groups in total. The van der Waals surface area contributed by atoms with E-state index in [1.807, 2.05) is 0 Å². The average Bonchev–Trinajstić information content (AvgIpc) is 3.02. The van der Waals surface area contributed by atoms with Crippen LogP contribution >= 0.6 is 0 Å². The quantitative estimate of drug-likeness (QED) is 0.875. The van der Waals surface area contributed by atoms with Gasteiger partial charge in [0, 0.05) is 11.8 Å². The molecular weight excluding hydrogens is 327 g/mol. The number of rotatable bonds is 5. The molecule has 0 saturated heterocycles. The Morgan fingerprint density at radius 1 is 1.33 bits per heavy atom. The Morgan fingerprint density at radius 3 is 2.58 bits per heavy atom. The van der Waals surface area contributed by atoms with E-state index in [2.05, 4.69) is 10.4 Å². The van der Waals surface area contributed by atoms with Crippen LogP contribution in [0, 0.1) is 0 Å². The molecule has 1 atom stereocenters. The predicted octanol–water partition coefficient (Wildman–Crippen LogP) is 2.48. The van der Waals surface area contributed by atoms with Crippen molar-refractivity contribution in [3.05, 3.63) is 47.8 Å². The number of alkyl halides is 3. The third kappa shape index (κ3) is 3.92. The van der Waals surface area contributed by atoms with Gasteiger partial charge in [0.25, 0.3) is 5.91 Å². The molecule has 2 rings (SSSR count). The molecule has 2 aromatic rings. The third-order valence-corrected chi connectivity index (χ3v) is 3.26. The van der Waals surface area contributed by atoms with Gasteiger partial charge in [-0.1, -0.05) is 13.0 Å². The summed E-state index contributed by atoms with van der Waals surface area (Å²) in [6, 6.07) is 5.50. The standard InChI is InChI=1S/C15H14F3N3O3/c1-2-11(14(23)24)19-13(22)9-4-3-5-10(8-9)21-7-6-12(20-21)15(16,17)18/h3-8,11H,2H2,1H3,(H,19,22)(H,23,24). The first-order chi connectivity index (χ1) is 11.2. The van der Waals surface area contributed by atoms with Gasteiger partial charge in [-0.2, -0.15) is 18.3 Å². The molecule has 0 spiro atoms. The lowest BCUT2D eigenvalue weighted by Gasteiger charge is -2.12. The first-order valence-electron chi connectivity index (χ1n) is 6.99. The fourth-order valence-corrected chi connectivity index (χ4v) is 1.99. The van der Waals surface area contributed by atoms with E-state index in [9.17, 15) is 22.8 Å². The lowest BCUT2D eigenvalue weighted by molar-refractivity contribution is -0.141. The molecule has 0 aliphatic heterocycles. The van der Waals surface area contributed by atoms with Gasteiger partial charge >= 0.3 is 12.1 Å². The maximum atomic E-state index is 12.6. The summed E-state index contributed by atoms with van der Waals surface area (Å²) < 4.78 is 38.8. The van der Waals surface area contributed by atoms with Crippen molar-refractivity contribution < 1.29 is 27.9 Å². The number of hydrogen-bond acceptors (Lipinski definition) is 3. The van der Waals surface area contributed by atoms with Crippen LogP contribution in [0.1, 0.15) is 29.4 Å². The first-order valence-corrected chi connectivity index (χ1v) is 6.99. The number of carbonyl (C=O) groups excluding carboxylic acids is 1. The topological polar surface area (TPSA) is 84.2 Å². The molecule has 1 amide bonds. The summed E-state index contributed by atoms with van der Waals surface area (Å²) in [5, 5.41) is 14.7. The molecule has 9 heteroatoms. The number of aliphatic carboxylic acids is 1. The van der Waals surface area contributed by atoms with Gasteiger partial charge in [0.15, 0.2) is 5.69 Å². The number of aromatic nitrogens is 2. The third-order valence-electron chi connectivity index (χ3n) is 3.26. The highest BCUT2D eigenvalue weighted by molar-refractivity contribution is 5.97. The maximum Gasteiger partial charge on any atom is 0.435 e. The fraction of sp³-hybridized carbons (Fsp3) is 0.267. The minimum atomic E-state index is -4.56. The second kappa shape index (κ2) is 6.73. The summed E-state index contributed by atoms with van der Waals surface area (Å²) in [6.45, 7) is 1.61. The monoisotopic (exact) mass is 341 g/mol. The number of hydrogen-bond donors (Lipinski definition) is 2. The van der Waals surface area contributed by atoms with Crippen LogP contribution in [0.25, 0.3) is 5.69 Å². The molecule has 24 heavy (non-hydrogen) atoms. The Labute approximate surface area is 134 Å². The van der Waals surface area contributed by atoms with Gasteiger partial charge in [-0.15, -0.1) is 0 Å². The average molecular weight is 341 g/mol. The van der Waals surface area contributed by atoms with Crippen molar-refractivity contribution in [3.8, 4) is 5.69 Å². The molecule has 0 bridgehead atoms. The fourth-order valence-electron chi connectivity index (χ4n) is 1.99. The molecule has 1 aromatic heterocycles. The maximum absolute atomic E-state index is 12.6. The van der Waals surface area contributed by atoms with Crippen LogP contribution in [0.4, 0.5) is 13.2 Å². The van der Waals surface area contributed by atoms with E-state index in [1.165, 1.54) is 24.3 Å². The largest absolute Gasteiger partial charge is 0.480 e. The van der Waals surface area contributed by atoms with Crippen molar-refractivity contribution in [3.63, 3.8) is 0 Å². The van der Waals surface area contributed by atoms with Gasteiger partial charge in [0.1, 0.15) is 6.04 Å². The molecule has 0 aliphatic carbocycles. The molecule has 128 valence electrons. The van der Waals surface area contributed by atoms with Crippen molar-refractivity contribution in [1.29, 1.82) is 0 Å². The second-order valence-corrected chi connectivity index (χ2v) is 4.97. The van der Waals surface area contributed by atoms with Gasteiger partial charge in [0.05, 0.1) is 5.69 Å². The Morgan fingerprint density at radius 2 is 2.04 bits per heavy atom. The molecule has 1 unspecified atom stereocenters. The van der Waals surface area contributed by atoms with Crippen molar-refractivity contribution in [1.82, 2.24) is 15.1 Å². The molecule has 0 radical (unpaired) electrons. The Bertz CT molecular complexity index is 756. The summed E-state index contributed by atoms with van der Waals surface area (Å²) in [5.41, 5.74) is -0.674. The number of carboxylic acids is 1. The highest BCUT2D eigenvalue weighted by atomic mass is 19.4. The van der Waals surface area contributed by atoms with Crippen LogP contribution in [0.3, 0.4) is 0 Å². The van der Waals surface area contributed by atoms with Crippen molar-refractivity contribution in [2.45, 2.75) is 25.6 Å². The Kier molecular flexibility index (Phi) is 4.91. The van der Waals surface area contributed by atoms with Crippen LogP contribution in [0.15, 0.2) is 36.5 Å². The molecule has 0 aliphatic rings. The zero-order chi connectivity index (χ0) is 17.9. The minimum Gasteiger partial charge on any atom is -0.480 e. The van der Waals surface area contributed by atoms with Crippen LogP contribution < -0.4 is 5.32 Å². The van der Waals surface area contributed by atoms with E-state index in [-0.39, 0.29) is 17.7 Å². The zero-order valence-corrected chi connectivity index (χ0v) is 12.5. The van der Waals surface area contributed by atoms with Crippen LogP contribution in [0.2, 0.25) is 0 Å². The Hall–Kier alpha value is -2.84. The number of carboxylic acid groups (broad SMARTS) is 1. The molecule has 1 heterocycles. The van der Waals surface area contributed by atoms with Gasteiger partial charge in [-0.25, -0.2) is 9.48 Å². The lowest BCUT2D eigenvalue weighted by Crippen LogP contribution is -2.40. The summed E-state index contributed by atoms with van der Waals surface area (Å²) in [4.78, 5) is 23.0. The second-order valence-electron chi connectivity index (χ2n) is 4.97. The van der Waals surface area contributed by atoms with E-state index in [4.69, 9.17) is 5.11 Å². The lowest BCUT2D eigenvalue weighted by atomic mass is 10.1. The van der Waals surface area contributed by atoms with E-state index < -0.39 is 29.8 Å². The minimum absolute atomic E-state index is 0.122. The predicted molar refractivity (Wildman–Crippen MR) is 77.7 cm³/mol. The number of benzene rings is 1. The number of amides is 1. The highest BCUT2D eigenvalue weighted by Crippen LogP contribution is 2.27. The molecule has 0 saturated carbocycles. The van der Waals surface area contributed by atoms with Crippen LogP contribution in [-0.2, 0) is 11.0 Å². The summed E-state index contributed by atoms with van der Waals surface area (Å²) >= 11 is 0. The van der Waals surface area contributed by atoms with Gasteiger partial charge in [-0.3, -0.25) is 4.79 Å². The molecule has 0 fully saturated rings. The molecule has 1 aromatic carbocycles. The smallest absolute Gasteiger partial charge is 0.435 e. The summed E-state index contributed by atoms with van der Waals surface area (Å²) in [7, 11) is 0. The van der Waals surface area contributed by atoms with Gasteiger partial charge < -0.3 is 10.4 Å². The summed E-state index contributed by atoms with van der Waals surface area (Å²) in [6.07, 6.45) is -3.23. The van der Waals surface area contributed by atoms with Crippen LogP contribution in [-0.4, -0.2) is 32.8 Å². The van der Waals surface area contributed by atoms with Gasteiger partial charge in [0.2, 0.25) is 0 Å². The highest BCUT2D eigenvalue weighted by Gasteiger charge is 2.33. The normalized spacial score (nSPS) is 12.7. The van der Waals surface area contributed by atoms with Crippen molar-refractivity contribution in [2.75, 3.05) is 0 Å². The van der Waals surface area contributed by atoms with E-state index in [0.717, 1.165) is 16.9 Å². The molecular formula is C15H14F3N3O3. The SMILES string of the molecule is CCC(NC(=O)c1cccc(-n2ccc(C(F)(F)F)n2)c1)C(=O)O.